The number of carboxylic acids is 2. The smallest absolute Gasteiger partial charge is 0.336 e. The summed E-state index contributed by atoms with van der Waals surface area (Å²) in [7, 11) is 0. The first-order valence-corrected chi connectivity index (χ1v) is 13.9. The van der Waals surface area contributed by atoms with Gasteiger partial charge in [0.05, 0.1) is 11.1 Å². The quantitative estimate of drug-likeness (QED) is 0.327. The molecule has 5 rings (SSSR count). The molecule has 3 aromatic rings. The van der Waals surface area contributed by atoms with E-state index in [0.29, 0.717) is 23.0 Å². The third kappa shape index (κ3) is 4.82. The average Bonchev–Trinajstić information content (AvgIpc) is 3.63. The number of hydrogen-bond acceptors (Lipinski definition) is 2. The molecule has 0 aromatic heterocycles. The Bertz CT molecular complexity index is 1310. The summed E-state index contributed by atoms with van der Waals surface area (Å²) in [6, 6.07) is 16.9. The second kappa shape index (κ2) is 10.9. The zero-order chi connectivity index (χ0) is 25.9. The maximum Gasteiger partial charge on any atom is 0.336 e. The minimum atomic E-state index is -0.960. The van der Waals surface area contributed by atoms with Crippen LogP contribution in [0, 0.1) is 0 Å². The predicted octanol–water partition coefficient (Wildman–Crippen LogP) is 8.68. The molecule has 2 aliphatic carbocycles. The van der Waals surface area contributed by atoms with Crippen LogP contribution in [0.3, 0.4) is 0 Å². The summed E-state index contributed by atoms with van der Waals surface area (Å²) in [5.74, 6) is -1.07. The van der Waals surface area contributed by atoms with Crippen LogP contribution in [0.15, 0.2) is 54.6 Å². The Morgan fingerprint density at radius 3 is 1.73 bits per heavy atom. The van der Waals surface area contributed by atoms with E-state index < -0.39 is 11.9 Å². The number of carbonyl (C=O) groups is 2. The minimum absolute atomic E-state index is 0.264. The molecule has 4 nitrogen and oxygen atoms in total. The second-order valence-electron chi connectivity index (χ2n) is 10.7. The molecule has 2 N–H and O–H groups in total. The van der Waals surface area contributed by atoms with Gasteiger partial charge in [-0.25, -0.2) is 9.59 Å². The Balaban J connectivity index is 1.96. The van der Waals surface area contributed by atoms with E-state index in [2.05, 4.69) is 13.0 Å². The van der Waals surface area contributed by atoms with E-state index in [1.807, 2.05) is 24.3 Å². The lowest BCUT2D eigenvalue weighted by atomic mass is 9.74. The first-order chi connectivity index (χ1) is 18.0. The molecule has 0 atom stereocenters. The van der Waals surface area contributed by atoms with Gasteiger partial charge < -0.3 is 10.2 Å². The van der Waals surface area contributed by atoms with Gasteiger partial charge in [-0.15, -0.1) is 0 Å². The molecule has 3 aromatic carbocycles. The standard InChI is InChI=1S/C33H36O4/c1-2-11-23-20-28(21-12-3-4-13-21)29(22-14-5-6-15-22)31(25-17-8-10-19-27(25)33(36)37)30(23)24-16-7-9-18-26(24)32(34)35/h7-10,16-22H,2-6,11-15H2,1H3,(H,34,35)(H,36,37). The third-order valence-corrected chi connectivity index (χ3v) is 8.41. The van der Waals surface area contributed by atoms with Crippen LogP contribution in [-0.4, -0.2) is 22.2 Å². The SMILES string of the molecule is CCCc1cc(C2CCCC2)c(C2CCCC2)c(-c2ccccc2C(=O)O)c1-c1ccccc1C(=O)O. The largest absolute Gasteiger partial charge is 0.478 e. The number of hydrogen-bond donors (Lipinski definition) is 2. The molecule has 0 spiro atoms. The molecular formula is C33H36O4. The van der Waals surface area contributed by atoms with Gasteiger partial charge in [0.25, 0.3) is 0 Å². The highest BCUT2D eigenvalue weighted by Gasteiger charge is 2.33. The van der Waals surface area contributed by atoms with E-state index in [-0.39, 0.29) is 11.1 Å². The summed E-state index contributed by atoms with van der Waals surface area (Å²) in [6.07, 6.45) is 11.0. The van der Waals surface area contributed by atoms with Crippen LogP contribution < -0.4 is 0 Å². The Kier molecular flexibility index (Phi) is 7.45. The number of benzene rings is 3. The fraction of sp³-hybridized carbons (Fsp3) is 0.394. The number of carboxylic acid groups (broad SMARTS) is 2. The first-order valence-electron chi connectivity index (χ1n) is 13.9. The van der Waals surface area contributed by atoms with Gasteiger partial charge in [0.1, 0.15) is 0 Å². The van der Waals surface area contributed by atoms with Gasteiger partial charge >= 0.3 is 11.9 Å². The molecule has 2 saturated carbocycles. The van der Waals surface area contributed by atoms with Gasteiger partial charge in [0.2, 0.25) is 0 Å². The molecule has 4 heteroatoms. The highest BCUT2D eigenvalue weighted by molar-refractivity contribution is 6.04. The number of aromatic carboxylic acids is 2. The van der Waals surface area contributed by atoms with Crippen molar-refractivity contribution in [2.45, 2.75) is 83.0 Å². The highest BCUT2D eigenvalue weighted by atomic mass is 16.4. The maximum atomic E-state index is 12.5. The molecule has 0 aliphatic heterocycles. The molecule has 37 heavy (non-hydrogen) atoms. The number of aryl methyl sites for hydroxylation is 1. The lowest BCUT2D eigenvalue weighted by molar-refractivity contribution is 0.0686. The Morgan fingerprint density at radius 1 is 0.730 bits per heavy atom. The van der Waals surface area contributed by atoms with Crippen molar-refractivity contribution < 1.29 is 19.8 Å². The van der Waals surface area contributed by atoms with Gasteiger partial charge in [-0.2, -0.15) is 0 Å². The molecule has 0 bridgehead atoms. The molecule has 0 radical (unpaired) electrons. The predicted molar refractivity (Wildman–Crippen MR) is 148 cm³/mol. The van der Waals surface area contributed by atoms with E-state index in [1.165, 1.54) is 36.8 Å². The molecule has 0 heterocycles. The molecule has 2 aliphatic rings. The molecule has 0 amide bonds. The molecule has 0 unspecified atom stereocenters. The zero-order valence-corrected chi connectivity index (χ0v) is 21.6. The summed E-state index contributed by atoms with van der Waals surface area (Å²) in [5, 5.41) is 20.4. The summed E-state index contributed by atoms with van der Waals surface area (Å²) in [5.41, 5.74) is 7.63. The van der Waals surface area contributed by atoms with Crippen molar-refractivity contribution in [1.82, 2.24) is 0 Å². The van der Waals surface area contributed by atoms with Crippen LogP contribution in [0.4, 0.5) is 0 Å². The van der Waals surface area contributed by atoms with E-state index in [1.54, 1.807) is 24.3 Å². The van der Waals surface area contributed by atoms with Crippen LogP contribution >= 0.6 is 0 Å². The van der Waals surface area contributed by atoms with E-state index in [4.69, 9.17) is 0 Å². The summed E-state index contributed by atoms with van der Waals surface area (Å²) in [6.45, 7) is 2.15. The van der Waals surface area contributed by atoms with E-state index >= 15 is 0 Å². The topological polar surface area (TPSA) is 74.6 Å². The normalized spacial score (nSPS) is 16.4. The zero-order valence-electron chi connectivity index (χ0n) is 21.6. The molecule has 192 valence electrons. The average molecular weight is 497 g/mol. The Morgan fingerprint density at radius 2 is 1.22 bits per heavy atom. The van der Waals surface area contributed by atoms with Crippen LogP contribution in [0.25, 0.3) is 22.3 Å². The molecule has 0 saturated heterocycles. The van der Waals surface area contributed by atoms with Crippen molar-refractivity contribution in [3.63, 3.8) is 0 Å². The van der Waals surface area contributed by atoms with Crippen molar-refractivity contribution in [3.05, 3.63) is 82.4 Å². The Labute approximate surface area is 219 Å². The fourth-order valence-electron chi connectivity index (χ4n) is 6.84. The maximum absolute atomic E-state index is 12.5. The minimum Gasteiger partial charge on any atom is -0.478 e. The summed E-state index contributed by atoms with van der Waals surface area (Å²) in [4.78, 5) is 24.9. The first kappa shape index (κ1) is 25.3. The number of rotatable bonds is 8. The van der Waals surface area contributed by atoms with E-state index in [0.717, 1.165) is 55.2 Å². The van der Waals surface area contributed by atoms with Crippen LogP contribution in [0.5, 0.6) is 0 Å². The van der Waals surface area contributed by atoms with Gasteiger partial charge in [0, 0.05) is 0 Å². The highest BCUT2D eigenvalue weighted by Crippen LogP contribution is 2.51. The van der Waals surface area contributed by atoms with Crippen molar-refractivity contribution in [1.29, 1.82) is 0 Å². The van der Waals surface area contributed by atoms with Crippen LogP contribution in [0.2, 0.25) is 0 Å². The summed E-state index contributed by atoms with van der Waals surface area (Å²) < 4.78 is 0. The lowest BCUT2D eigenvalue weighted by Gasteiger charge is -2.30. The van der Waals surface area contributed by atoms with Gasteiger partial charge in [0.15, 0.2) is 0 Å². The summed E-state index contributed by atoms with van der Waals surface area (Å²) >= 11 is 0. The fourth-order valence-corrected chi connectivity index (χ4v) is 6.84. The lowest BCUT2D eigenvalue weighted by Crippen LogP contribution is -2.12. The molecular weight excluding hydrogens is 460 g/mol. The third-order valence-electron chi connectivity index (χ3n) is 8.41. The van der Waals surface area contributed by atoms with Gasteiger partial charge in [-0.3, -0.25) is 0 Å². The van der Waals surface area contributed by atoms with Gasteiger partial charge in [-0.05, 0) is 95.0 Å². The monoisotopic (exact) mass is 496 g/mol. The van der Waals surface area contributed by atoms with Crippen molar-refractivity contribution in [2.75, 3.05) is 0 Å². The Hall–Kier alpha value is -3.40. The van der Waals surface area contributed by atoms with Gasteiger partial charge in [-0.1, -0.05) is 81.5 Å². The van der Waals surface area contributed by atoms with Crippen molar-refractivity contribution in [3.8, 4) is 22.3 Å². The second-order valence-corrected chi connectivity index (χ2v) is 10.7. The van der Waals surface area contributed by atoms with Crippen molar-refractivity contribution >= 4 is 11.9 Å². The van der Waals surface area contributed by atoms with Crippen LogP contribution in [-0.2, 0) is 6.42 Å². The van der Waals surface area contributed by atoms with Crippen LogP contribution in [0.1, 0.15) is 114 Å². The van der Waals surface area contributed by atoms with E-state index in [9.17, 15) is 19.8 Å². The molecule has 2 fully saturated rings. The van der Waals surface area contributed by atoms with Crippen molar-refractivity contribution in [2.24, 2.45) is 0 Å².